The van der Waals surface area contributed by atoms with Crippen LogP contribution in [-0.2, 0) is 14.3 Å². The minimum atomic E-state index is -0.719. The zero-order chi connectivity index (χ0) is 40.1. The molecule has 3 aromatic heterocycles. The SMILES string of the molecule is COC(=O)N[C@H](C(=O)N1CCC[C@H]1c1ncc(-c2ccc3c(ccc4oc5ccc(-c6cnc([C@@H]7CCCN7C(=O)[C@@H](N)C(C)C)[nH]6)cc5c(=O)c43)c2)[nH]1)C(C)C. The number of aromatic nitrogens is 4. The first-order chi connectivity index (χ1) is 27.4. The second-order valence-electron chi connectivity index (χ2n) is 15.9. The highest BCUT2D eigenvalue weighted by molar-refractivity contribution is 6.09. The van der Waals surface area contributed by atoms with E-state index in [-0.39, 0.29) is 41.2 Å². The zero-order valence-corrected chi connectivity index (χ0v) is 32.8. The summed E-state index contributed by atoms with van der Waals surface area (Å²) in [5.74, 6) is 1.04. The molecule has 57 heavy (non-hydrogen) atoms. The molecule has 2 aliphatic rings. The van der Waals surface area contributed by atoms with Crippen LogP contribution in [0.2, 0.25) is 0 Å². The average Bonchev–Trinajstić information content (AvgIpc) is 4.05. The number of hydrogen-bond donors (Lipinski definition) is 4. The standard InChI is InChI=1S/C43H48N8O6/c1-22(2)36(44)41(53)50-16-6-8-31(50)39-46-21-30(48-39)26-12-14-33-28(19-26)38(52)35-27-13-10-25(18-24(27)11-15-34(35)57-33)29-20-45-40(47-29)32-9-7-17-51(32)42(54)37(23(3)4)49-43(55)56-5/h10-15,18-23,31-32,36-37H,6-9,16-17,44H2,1-5H3,(H,45,47)(H,46,48)(H,49,55)/t31-,32-,36-,37-/m0/s1. The van der Waals surface area contributed by atoms with E-state index in [0.29, 0.717) is 46.7 Å². The summed E-state index contributed by atoms with van der Waals surface area (Å²) >= 11 is 0. The van der Waals surface area contributed by atoms with E-state index in [4.69, 9.17) is 19.9 Å². The van der Waals surface area contributed by atoms with E-state index in [2.05, 4.69) is 20.3 Å². The Balaban J connectivity index is 1.07. The Morgan fingerprint density at radius 3 is 2.02 bits per heavy atom. The minimum absolute atomic E-state index is 0.0339. The molecule has 0 radical (unpaired) electrons. The summed E-state index contributed by atoms with van der Waals surface area (Å²) in [6.45, 7) is 8.87. The second kappa shape index (κ2) is 15.1. The van der Waals surface area contributed by atoms with Crippen molar-refractivity contribution >= 4 is 50.6 Å². The van der Waals surface area contributed by atoms with E-state index in [1.165, 1.54) is 7.11 Å². The van der Waals surface area contributed by atoms with Gasteiger partial charge >= 0.3 is 6.09 Å². The summed E-state index contributed by atoms with van der Waals surface area (Å²) in [5.41, 5.74) is 10.2. The predicted molar refractivity (Wildman–Crippen MR) is 217 cm³/mol. The van der Waals surface area contributed by atoms with Gasteiger partial charge in [-0.25, -0.2) is 14.8 Å². The fourth-order valence-corrected chi connectivity index (χ4v) is 8.30. The summed E-state index contributed by atoms with van der Waals surface area (Å²) in [4.78, 5) is 72.9. The first kappa shape index (κ1) is 37.9. The third kappa shape index (κ3) is 6.92. The lowest BCUT2D eigenvalue weighted by Crippen LogP contribution is -2.51. The molecule has 2 saturated heterocycles. The summed E-state index contributed by atoms with van der Waals surface area (Å²) in [6.07, 6.45) is 6.09. The van der Waals surface area contributed by atoms with Crippen molar-refractivity contribution in [2.45, 2.75) is 77.5 Å². The number of fused-ring (bicyclic) bond motifs is 4. The monoisotopic (exact) mass is 772 g/mol. The quantitative estimate of drug-likeness (QED) is 0.0930. The highest BCUT2D eigenvalue weighted by Gasteiger charge is 2.38. The van der Waals surface area contributed by atoms with Gasteiger partial charge in [-0.15, -0.1) is 0 Å². The Morgan fingerprint density at radius 2 is 1.40 bits per heavy atom. The molecule has 5 heterocycles. The minimum Gasteiger partial charge on any atom is -0.456 e. The van der Waals surface area contributed by atoms with Gasteiger partial charge in [-0.1, -0.05) is 45.9 Å². The van der Waals surface area contributed by atoms with Gasteiger partial charge < -0.3 is 40.0 Å². The van der Waals surface area contributed by atoms with Crippen LogP contribution in [0, 0.1) is 11.8 Å². The lowest BCUT2D eigenvalue weighted by Gasteiger charge is -2.30. The third-order valence-corrected chi connectivity index (χ3v) is 11.6. The molecule has 0 saturated carbocycles. The van der Waals surface area contributed by atoms with E-state index in [0.717, 1.165) is 59.0 Å². The van der Waals surface area contributed by atoms with Gasteiger partial charge in [-0.05, 0) is 78.6 Å². The van der Waals surface area contributed by atoms with Crippen molar-refractivity contribution in [2.24, 2.45) is 17.6 Å². The molecule has 2 fully saturated rings. The number of carbonyl (C=O) groups is 3. The first-order valence-electron chi connectivity index (χ1n) is 19.7. The van der Waals surface area contributed by atoms with Crippen LogP contribution in [0.4, 0.5) is 4.79 Å². The first-order valence-corrected chi connectivity index (χ1v) is 19.7. The maximum Gasteiger partial charge on any atom is 0.407 e. The van der Waals surface area contributed by atoms with Crippen LogP contribution in [-0.4, -0.2) is 79.9 Å². The Kier molecular flexibility index (Phi) is 10.1. The highest BCUT2D eigenvalue weighted by Crippen LogP contribution is 2.36. The fraction of sp³-hybridized carbons (Fsp3) is 0.395. The molecule has 2 aliphatic heterocycles. The van der Waals surface area contributed by atoms with Crippen LogP contribution in [0.15, 0.2) is 70.1 Å². The number of nitrogens with two attached hydrogens (primary N) is 1. The summed E-state index contributed by atoms with van der Waals surface area (Å²) < 4.78 is 11.1. The van der Waals surface area contributed by atoms with Crippen LogP contribution in [0.25, 0.3) is 55.2 Å². The van der Waals surface area contributed by atoms with E-state index in [9.17, 15) is 19.2 Å². The summed E-state index contributed by atoms with van der Waals surface area (Å²) in [6, 6.07) is 13.5. The summed E-state index contributed by atoms with van der Waals surface area (Å²) in [5, 5.41) is 5.24. The van der Waals surface area contributed by atoms with E-state index in [1.54, 1.807) is 23.4 Å². The van der Waals surface area contributed by atoms with E-state index in [1.807, 2.05) is 75.1 Å². The number of alkyl carbamates (subject to hydrolysis) is 1. The molecule has 296 valence electrons. The Hall–Kier alpha value is -6.02. The largest absolute Gasteiger partial charge is 0.456 e. The van der Waals surface area contributed by atoms with Crippen molar-refractivity contribution in [3.63, 3.8) is 0 Å². The summed E-state index contributed by atoms with van der Waals surface area (Å²) in [7, 11) is 1.28. The molecule has 0 unspecified atom stereocenters. The number of nitrogens with zero attached hydrogens (tertiary/aromatic N) is 4. The van der Waals surface area contributed by atoms with Crippen molar-refractivity contribution in [2.75, 3.05) is 20.2 Å². The predicted octanol–water partition coefficient (Wildman–Crippen LogP) is 6.57. The molecule has 14 heteroatoms. The molecule has 0 aliphatic carbocycles. The van der Waals surface area contributed by atoms with Crippen LogP contribution in [0.3, 0.4) is 0 Å². The second-order valence-corrected chi connectivity index (χ2v) is 15.9. The van der Waals surface area contributed by atoms with Gasteiger partial charge in [0, 0.05) is 24.2 Å². The van der Waals surface area contributed by atoms with Gasteiger partial charge in [-0.2, -0.15) is 0 Å². The molecule has 0 spiro atoms. The molecule has 8 rings (SSSR count). The third-order valence-electron chi connectivity index (χ3n) is 11.6. The van der Waals surface area contributed by atoms with Gasteiger partial charge in [0.15, 0.2) is 0 Å². The molecule has 4 atom stereocenters. The van der Waals surface area contributed by atoms with Crippen LogP contribution in [0.5, 0.6) is 0 Å². The number of nitrogens with one attached hydrogen (secondary N) is 3. The zero-order valence-electron chi connectivity index (χ0n) is 32.8. The van der Waals surface area contributed by atoms with Crippen molar-refractivity contribution < 1.29 is 23.5 Å². The number of amides is 3. The van der Waals surface area contributed by atoms with Gasteiger partial charge in [0.25, 0.3) is 0 Å². The van der Waals surface area contributed by atoms with Crippen LogP contribution in [0.1, 0.15) is 77.1 Å². The van der Waals surface area contributed by atoms with E-state index >= 15 is 0 Å². The number of rotatable bonds is 9. The Bertz CT molecular complexity index is 2570. The normalized spacial score (nSPS) is 18.3. The molecule has 3 amide bonds. The topological polar surface area (TPSA) is 193 Å². The number of likely N-dealkylation sites (tertiary alicyclic amines) is 2. The Labute approximate surface area is 329 Å². The van der Waals surface area contributed by atoms with Crippen molar-refractivity contribution in [3.8, 4) is 22.5 Å². The van der Waals surface area contributed by atoms with Gasteiger partial charge in [0.05, 0.1) is 59.8 Å². The van der Waals surface area contributed by atoms with Crippen molar-refractivity contribution in [3.05, 3.63) is 82.8 Å². The number of hydrogen-bond acceptors (Lipinski definition) is 9. The molecule has 3 aromatic carbocycles. The Morgan fingerprint density at radius 1 is 0.807 bits per heavy atom. The average molecular weight is 773 g/mol. The van der Waals surface area contributed by atoms with E-state index < -0.39 is 18.2 Å². The molecule has 6 aromatic rings. The molecular formula is C43H48N8O6. The highest BCUT2D eigenvalue weighted by atomic mass is 16.5. The number of H-pyrrole nitrogens is 2. The lowest BCUT2D eigenvalue weighted by atomic mass is 10.00. The van der Waals surface area contributed by atoms with Crippen molar-refractivity contribution in [1.29, 1.82) is 0 Å². The van der Waals surface area contributed by atoms with Crippen LogP contribution >= 0.6 is 0 Å². The van der Waals surface area contributed by atoms with Gasteiger partial charge in [0.2, 0.25) is 17.2 Å². The number of benzene rings is 3. The molecule has 5 N–H and O–H groups in total. The number of aromatic amines is 2. The number of imidazole rings is 2. The van der Waals surface area contributed by atoms with Crippen molar-refractivity contribution in [1.82, 2.24) is 35.1 Å². The van der Waals surface area contributed by atoms with Gasteiger partial charge in [0.1, 0.15) is 28.9 Å². The van der Waals surface area contributed by atoms with Gasteiger partial charge in [-0.3, -0.25) is 14.4 Å². The fourth-order valence-electron chi connectivity index (χ4n) is 8.30. The number of methoxy groups -OCH3 is 1. The maximum atomic E-state index is 14.3. The number of ether oxygens (including phenoxy) is 1. The maximum absolute atomic E-state index is 14.3. The molecular weight excluding hydrogens is 725 g/mol. The molecule has 0 bridgehead atoms. The van der Waals surface area contributed by atoms with Crippen LogP contribution < -0.4 is 16.5 Å². The lowest BCUT2D eigenvalue weighted by molar-refractivity contribution is -0.136. The number of carbonyl (C=O) groups excluding carboxylic acids is 3. The molecule has 14 nitrogen and oxygen atoms in total. The smallest absolute Gasteiger partial charge is 0.407 e.